The Morgan fingerprint density at radius 2 is 2.10 bits per heavy atom. The Kier molecular flexibility index (Phi) is 4.23. The molecule has 0 saturated carbocycles. The molecular formula is C15H17ClN2O3. The van der Waals surface area contributed by atoms with Crippen LogP contribution in [0.1, 0.15) is 32.5 Å². The number of fused-ring (bicyclic) bond motifs is 1. The molecule has 2 rings (SSSR count). The number of benzene rings is 1. The third kappa shape index (κ3) is 3.98. The normalized spacial score (nSPS) is 13.0. The molecule has 0 fully saturated rings. The number of halogens is 1. The summed E-state index contributed by atoms with van der Waals surface area (Å²) in [6.07, 6.45) is 0.00672. The van der Waals surface area contributed by atoms with Crippen LogP contribution in [0.15, 0.2) is 24.3 Å². The molecule has 1 heterocycles. The van der Waals surface area contributed by atoms with Crippen LogP contribution in [0.5, 0.6) is 0 Å². The van der Waals surface area contributed by atoms with Gasteiger partial charge in [-0.1, -0.05) is 11.6 Å². The fraction of sp³-hybridized carbons (Fsp3) is 0.333. The predicted molar refractivity (Wildman–Crippen MR) is 81.5 cm³/mol. The van der Waals surface area contributed by atoms with Gasteiger partial charge in [0.25, 0.3) is 0 Å². The molecule has 2 N–H and O–H groups in total. The molecule has 1 unspecified atom stereocenters. The van der Waals surface area contributed by atoms with E-state index in [2.05, 4.69) is 10.3 Å². The molecule has 2 aromatic rings. The average Bonchev–Trinajstić information content (AvgIpc) is 2.76. The van der Waals surface area contributed by atoms with Crippen LogP contribution in [-0.2, 0) is 9.53 Å². The SMILES string of the molecule is CC(C)(C)OC(=O)NC(C=O)c1cc2cc(Cl)ccc2[nH]1. The summed E-state index contributed by atoms with van der Waals surface area (Å²) in [5, 5.41) is 4.00. The standard InChI is InChI=1S/C15H17ClN2O3/c1-15(2,3)21-14(20)18-13(8-19)12-7-9-6-10(16)4-5-11(9)17-12/h4-8,13,17H,1-3H3,(H,18,20). The summed E-state index contributed by atoms with van der Waals surface area (Å²) in [5.41, 5.74) is 0.797. The molecule has 1 atom stereocenters. The largest absolute Gasteiger partial charge is 0.444 e. The molecule has 0 spiro atoms. The zero-order valence-electron chi connectivity index (χ0n) is 12.1. The Bertz CT molecular complexity index is 673. The number of alkyl carbamates (subject to hydrolysis) is 1. The number of ether oxygens (including phenoxy) is 1. The summed E-state index contributed by atoms with van der Waals surface area (Å²) in [6.45, 7) is 5.27. The Morgan fingerprint density at radius 3 is 2.71 bits per heavy atom. The van der Waals surface area contributed by atoms with E-state index in [-0.39, 0.29) is 0 Å². The number of amides is 1. The van der Waals surface area contributed by atoms with E-state index >= 15 is 0 Å². The number of aldehydes is 1. The maximum Gasteiger partial charge on any atom is 0.408 e. The highest BCUT2D eigenvalue weighted by atomic mass is 35.5. The molecule has 1 aromatic heterocycles. The Labute approximate surface area is 127 Å². The summed E-state index contributed by atoms with van der Waals surface area (Å²) in [6, 6.07) is 6.33. The lowest BCUT2D eigenvalue weighted by atomic mass is 10.2. The summed E-state index contributed by atoms with van der Waals surface area (Å²) in [4.78, 5) is 26.1. The zero-order valence-corrected chi connectivity index (χ0v) is 12.8. The summed E-state index contributed by atoms with van der Waals surface area (Å²) in [5.74, 6) is 0. The van der Waals surface area contributed by atoms with Crippen molar-refractivity contribution in [2.24, 2.45) is 0 Å². The number of hydrogen-bond acceptors (Lipinski definition) is 3. The topological polar surface area (TPSA) is 71.2 Å². The first kappa shape index (κ1) is 15.4. The van der Waals surface area contributed by atoms with E-state index in [1.54, 1.807) is 39.0 Å². The van der Waals surface area contributed by atoms with E-state index < -0.39 is 17.7 Å². The molecule has 0 aliphatic carbocycles. The number of aromatic nitrogens is 1. The Morgan fingerprint density at radius 1 is 1.38 bits per heavy atom. The van der Waals surface area contributed by atoms with Gasteiger partial charge < -0.3 is 19.8 Å². The summed E-state index contributed by atoms with van der Waals surface area (Å²) < 4.78 is 5.14. The molecule has 0 saturated heterocycles. The van der Waals surface area contributed by atoms with Gasteiger partial charge in [-0.2, -0.15) is 0 Å². The van der Waals surface area contributed by atoms with Crippen molar-refractivity contribution in [3.05, 3.63) is 35.0 Å². The smallest absolute Gasteiger partial charge is 0.408 e. The second-order valence-electron chi connectivity index (χ2n) is 5.72. The van der Waals surface area contributed by atoms with Crippen LogP contribution < -0.4 is 5.32 Å². The van der Waals surface area contributed by atoms with Crippen LogP contribution >= 0.6 is 11.6 Å². The number of H-pyrrole nitrogens is 1. The van der Waals surface area contributed by atoms with Crippen molar-refractivity contribution >= 4 is 34.9 Å². The maximum atomic E-state index is 11.7. The molecule has 6 heteroatoms. The molecule has 1 aromatic carbocycles. The van der Waals surface area contributed by atoms with Gasteiger partial charge in [0.2, 0.25) is 0 Å². The van der Waals surface area contributed by atoms with Crippen molar-refractivity contribution in [1.82, 2.24) is 10.3 Å². The van der Waals surface area contributed by atoms with Gasteiger partial charge in [0, 0.05) is 21.6 Å². The van der Waals surface area contributed by atoms with Crippen LogP contribution in [0, 0.1) is 0 Å². The van der Waals surface area contributed by atoms with E-state index in [9.17, 15) is 9.59 Å². The second-order valence-corrected chi connectivity index (χ2v) is 6.15. The highest BCUT2D eigenvalue weighted by molar-refractivity contribution is 6.31. The highest BCUT2D eigenvalue weighted by Gasteiger charge is 2.21. The van der Waals surface area contributed by atoms with Crippen LogP contribution in [0.4, 0.5) is 4.79 Å². The third-order valence-corrected chi connectivity index (χ3v) is 2.98. The average molecular weight is 309 g/mol. The fourth-order valence-corrected chi connectivity index (χ4v) is 2.09. The van der Waals surface area contributed by atoms with Crippen molar-refractivity contribution in [2.45, 2.75) is 32.4 Å². The van der Waals surface area contributed by atoms with Crippen molar-refractivity contribution in [3.8, 4) is 0 Å². The molecule has 21 heavy (non-hydrogen) atoms. The monoisotopic (exact) mass is 308 g/mol. The van der Waals surface area contributed by atoms with Crippen molar-refractivity contribution in [3.63, 3.8) is 0 Å². The summed E-state index contributed by atoms with van der Waals surface area (Å²) in [7, 11) is 0. The van der Waals surface area contributed by atoms with Crippen LogP contribution in [-0.4, -0.2) is 23.0 Å². The number of carbonyl (C=O) groups is 2. The quantitative estimate of drug-likeness (QED) is 0.851. The van der Waals surface area contributed by atoms with Gasteiger partial charge in [-0.25, -0.2) is 4.79 Å². The lowest BCUT2D eigenvalue weighted by Gasteiger charge is -2.21. The molecule has 0 aliphatic heterocycles. The van der Waals surface area contributed by atoms with E-state index in [1.165, 1.54) is 0 Å². The van der Waals surface area contributed by atoms with Crippen molar-refractivity contribution in [1.29, 1.82) is 0 Å². The highest BCUT2D eigenvalue weighted by Crippen LogP contribution is 2.23. The van der Waals surface area contributed by atoms with E-state index in [1.807, 2.05) is 6.07 Å². The molecule has 0 aliphatic rings. The number of aromatic amines is 1. The van der Waals surface area contributed by atoms with Crippen LogP contribution in [0.3, 0.4) is 0 Å². The van der Waals surface area contributed by atoms with Crippen molar-refractivity contribution < 1.29 is 14.3 Å². The minimum absolute atomic E-state index is 0.577. The van der Waals surface area contributed by atoms with Crippen LogP contribution in [0.25, 0.3) is 10.9 Å². The first-order chi connectivity index (χ1) is 9.78. The van der Waals surface area contributed by atoms with Gasteiger partial charge in [0.1, 0.15) is 17.9 Å². The van der Waals surface area contributed by atoms with Gasteiger partial charge in [-0.05, 0) is 45.0 Å². The second kappa shape index (κ2) is 5.77. The molecule has 112 valence electrons. The van der Waals surface area contributed by atoms with Crippen molar-refractivity contribution in [2.75, 3.05) is 0 Å². The zero-order chi connectivity index (χ0) is 15.6. The van der Waals surface area contributed by atoms with Gasteiger partial charge in [-0.15, -0.1) is 0 Å². The number of hydrogen-bond donors (Lipinski definition) is 2. The molecule has 0 bridgehead atoms. The van der Waals surface area contributed by atoms with Gasteiger partial charge in [-0.3, -0.25) is 0 Å². The summed E-state index contributed by atoms with van der Waals surface area (Å²) >= 11 is 5.93. The van der Waals surface area contributed by atoms with E-state index in [0.29, 0.717) is 17.0 Å². The van der Waals surface area contributed by atoms with E-state index in [4.69, 9.17) is 16.3 Å². The lowest BCUT2D eigenvalue weighted by Crippen LogP contribution is -2.35. The lowest BCUT2D eigenvalue weighted by molar-refractivity contribution is -0.109. The van der Waals surface area contributed by atoms with Gasteiger partial charge in [0.15, 0.2) is 0 Å². The number of nitrogens with one attached hydrogen (secondary N) is 2. The first-order valence-electron chi connectivity index (χ1n) is 6.51. The Hall–Kier alpha value is -2.01. The minimum Gasteiger partial charge on any atom is -0.444 e. The molecule has 1 amide bonds. The minimum atomic E-state index is -0.800. The number of carbonyl (C=O) groups excluding carboxylic acids is 2. The molecule has 0 radical (unpaired) electrons. The molecule has 5 nitrogen and oxygen atoms in total. The third-order valence-electron chi connectivity index (χ3n) is 2.75. The maximum absolute atomic E-state index is 11.7. The van der Waals surface area contributed by atoms with E-state index in [0.717, 1.165) is 10.9 Å². The Balaban J connectivity index is 2.19. The fourth-order valence-electron chi connectivity index (χ4n) is 1.91. The van der Waals surface area contributed by atoms with Gasteiger partial charge >= 0.3 is 6.09 Å². The van der Waals surface area contributed by atoms with Gasteiger partial charge in [0.05, 0.1) is 0 Å². The van der Waals surface area contributed by atoms with Crippen LogP contribution in [0.2, 0.25) is 5.02 Å². The first-order valence-corrected chi connectivity index (χ1v) is 6.89. The predicted octanol–water partition coefficient (Wildman–Crippen LogP) is 3.59. The molecular weight excluding hydrogens is 292 g/mol. The number of rotatable bonds is 3.